The maximum atomic E-state index is 11.1. The number of nitrogens with zero attached hydrogens (tertiary/aromatic N) is 1. The van der Waals surface area contributed by atoms with Gasteiger partial charge >= 0.3 is 5.97 Å². The minimum atomic E-state index is -0.836. The fourth-order valence-electron chi connectivity index (χ4n) is 1.61. The molecule has 1 rings (SSSR count). The molecule has 0 amide bonds. The lowest BCUT2D eigenvalue weighted by molar-refractivity contribution is -0.139. The highest BCUT2D eigenvalue weighted by molar-refractivity contribution is 6.31. The lowest BCUT2D eigenvalue weighted by Crippen LogP contribution is -2.18. The highest BCUT2D eigenvalue weighted by Crippen LogP contribution is 2.29. The Morgan fingerprint density at radius 1 is 1.47 bits per heavy atom. The molecule has 0 aromatic carbocycles. The molecule has 0 fully saturated rings. The Morgan fingerprint density at radius 3 is 2.53 bits per heavy atom. The van der Waals surface area contributed by atoms with E-state index >= 15 is 0 Å². The summed E-state index contributed by atoms with van der Waals surface area (Å²) >= 11 is 5.91. The average molecular weight is 228 g/mol. The Kier molecular flexibility index (Phi) is 3.69. The molecule has 0 radical (unpaired) electrons. The van der Waals surface area contributed by atoms with Gasteiger partial charge in [0.2, 0.25) is 0 Å². The maximum absolute atomic E-state index is 11.1. The van der Waals surface area contributed by atoms with Crippen LogP contribution in [0.1, 0.15) is 30.9 Å². The Hall–Kier alpha value is -1.09. The van der Waals surface area contributed by atoms with Crippen LogP contribution < -0.4 is 0 Å². The van der Waals surface area contributed by atoms with Crippen LogP contribution in [0, 0.1) is 12.8 Å². The minimum absolute atomic E-state index is 0.0152. The molecule has 4 heteroatoms. The summed E-state index contributed by atoms with van der Waals surface area (Å²) in [7, 11) is 0. The number of hydrogen-bond acceptors (Lipinski definition) is 2. The van der Waals surface area contributed by atoms with Crippen molar-refractivity contribution in [1.29, 1.82) is 0 Å². The van der Waals surface area contributed by atoms with Gasteiger partial charge in [0.25, 0.3) is 0 Å². The number of halogens is 1. The van der Waals surface area contributed by atoms with Crippen molar-refractivity contribution in [3.8, 4) is 0 Å². The van der Waals surface area contributed by atoms with Gasteiger partial charge < -0.3 is 5.11 Å². The first-order valence-electron chi connectivity index (χ1n) is 4.78. The molecule has 1 N–H and O–H groups in total. The predicted molar refractivity (Wildman–Crippen MR) is 59.2 cm³/mol. The molecule has 0 saturated heterocycles. The van der Waals surface area contributed by atoms with Crippen molar-refractivity contribution in [2.45, 2.75) is 26.7 Å². The highest BCUT2D eigenvalue weighted by atomic mass is 35.5. The molecule has 0 saturated carbocycles. The quantitative estimate of drug-likeness (QED) is 0.864. The van der Waals surface area contributed by atoms with Crippen molar-refractivity contribution in [2.75, 3.05) is 0 Å². The fourth-order valence-corrected chi connectivity index (χ4v) is 1.77. The van der Waals surface area contributed by atoms with Gasteiger partial charge in [0.15, 0.2) is 0 Å². The number of aromatic nitrogens is 1. The van der Waals surface area contributed by atoms with Gasteiger partial charge in [-0.25, -0.2) is 0 Å². The van der Waals surface area contributed by atoms with Gasteiger partial charge in [0, 0.05) is 12.4 Å². The van der Waals surface area contributed by atoms with E-state index in [1.165, 1.54) is 6.20 Å². The van der Waals surface area contributed by atoms with Crippen LogP contribution in [0.5, 0.6) is 0 Å². The molecule has 1 heterocycles. The number of carbonyl (C=O) groups is 1. The largest absolute Gasteiger partial charge is 0.481 e. The lowest BCUT2D eigenvalue weighted by Gasteiger charge is -2.18. The second kappa shape index (κ2) is 4.62. The zero-order valence-electron chi connectivity index (χ0n) is 8.99. The van der Waals surface area contributed by atoms with Crippen LogP contribution in [-0.2, 0) is 4.79 Å². The van der Waals surface area contributed by atoms with Crippen molar-refractivity contribution in [2.24, 2.45) is 5.92 Å². The number of rotatable bonds is 3. The fraction of sp³-hybridized carbons (Fsp3) is 0.455. The normalized spacial score (nSPS) is 12.9. The van der Waals surface area contributed by atoms with Gasteiger partial charge in [-0.05, 0) is 24.0 Å². The third-order valence-electron chi connectivity index (χ3n) is 2.46. The second-order valence-electron chi connectivity index (χ2n) is 3.90. The zero-order valence-corrected chi connectivity index (χ0v) is 9.75. The standard InChI is InChI=1S/C11H14ClNO2/c1-6(2)10(11(14)15)8-4-13-5-9(12)7(8)3/h4-6,10H,1-3H3,(H,14,15). The first-order chi connectivity index (χ1) is 6.95. The van der Waals surface area contributed by atoms with Gasteiger partial charge in [0.1, 0.15) is 0 Å². The summed E-state index contributed by atoms with van der Waals surface area (Å²) in [5.41, 5.74) is 1.50. The lowest BCUT2D eigenvalue weighted by atomic mass is 9.87. The summed E-state index contributed by atoms with van der Waals surface area (Å²) in [6.45, 7) is 5.57. The van der Waals surface area contributed by atoms with Crippen molar-refractivity contribution in [3.05, 3.63) is 28.5 Å². The van der Waals surface area contributed by atoms with E-state index in [1.54, 1.807) is 6.20 Å². The second-order valence-corrected chi connectivity index (χ2v) is 4.30. The average Bonchev–Trinajstić information content (AvgIpc) is 2.11. The Bertz CT molecular complexity index is 377. The molecular formula is C11H14ClNO2. The third kappa shape index (κ3) is 2.48. The van der Waals surface area contributed by atoms with Crippen LogP contribution in [0.4, 0.5) is 0 Å². The van der Waals surface area contributed by atoms with Crippen molar-refractivity contribution in [1.82, 2.24) is 4.98 Å². The molecule has 1 aromatic heterocycles. The number of hydrogen-bond donors (Lipinski definition) is 1. The van der Waals surface area contributed by atoms with Crippen LogP contribution in [-0.4, -0.2) is 16.1 Å². The minimum Gasteiger partial charge on any atom is -0.481 e. The molecule has 0 aliphatic heterocycles. The molecule has 1 aromatic rings. The first kappa shape index (κ1) is 12.0. The van der Waals surface area contributed by atoms with E-state index in [0.29, 0.717) is 10.6 Å². The highest BCUT2D eigenvalue weighted by Gasteiger charge is 2.25. The first-order valence-corrected chi connectivity index (χ1v) is 5.15. The van der Waals surface area contributed by atoms with Gasteiger partial charge in [-0.2, -0.15) is 0 Å². The van der Waals surface area contributed by atoms with Crippen molar-refractivity contribution in [3.63, 3.8) is 0 Å². The number of pyridine rings is 1. The van der Waals surface area contributed by atoms with E-state index in [9.17, 15) is 4.79 Å². The Morgan fingerprint density at radius 2 is 2.07 bits per heavy atom. The van der Waals surface area contributed by atoms with E-state index < -0.39 is 11.9 Å². The maximum Gasteiger partial charge on any atom is 0.311 e. The molecular weight excluding hydrogens is 214 g/mol. The molecule has 3 nitrogen and oxygen atoms in total. The molecule has 82 valence electrons. The van der Waals surface area contributed by atoms with Crippen molar-refractivity contribution < 1.29 is 9.90 Å². The number of carboxylic acid groups (broad SMARTS) is 1. The Labute approximate surface area is 94.1 Å². The van der Waals surface area contributed by atoms with Crippen LogP contribution >= 0.6 is 11.6 Å². The van der Waals surface area contributed by atoms with Gasteiger partial charge in [0.05, 0.1) is 10.9 Å². The Balaban J connectivity index is 3.23. The van der Waals surface area contributed by atoms with Gasteiger partial charge in [-0.15, -0.1) is 0 Å². The van der Waals surface area contributed by atoms with Gasteiger partial charge in [-0.3, -0.25) is 9.78 Å². The van der Waals surface area contributed by atoms with E-state index in [4.69, 9.17) is 16.7 Å². The van der Waals surface area contributed by atoms with E-state index in [0.717, 1.165) is 5.56 Å². The van der Waals surface area contributed by atoms with Crippen LogP contribution in [0.3, 0.4) is 0 Å². The van der Waals surface area contributed by atoms with Crippen LogP contribution in [0.15, 0.2) is 12.4 Å². The van der Waals surface area contributed by atoms with Gasteiger partial charge in [-0.1, -0.05) is 25.4 Å². The van der Waals surface area contributed by atoms with Crippen LogP contribution in [0.25, 0.3) is 0 Å². The topological polar surface area (TPSA) is 50.2 Å². The van der Waals surface area contributed by atoms with E-state index in [1.807, 2.05) is 20.8 Å². The van der Waals surface area contributed by atoms with E-state index in [2.05, 4.69) is 4.98 Å². The molecule has 1 atom stereocenters. The molecule has 15 heavy (non-hydrogen) atoms. The van der Waals surface area contributed by atoms with Crippen molar-refractivity contribution >= 4 is 17.6 Å². The predicted octanol–water partition coefficient (Wildman–Crippen LogP) is 2.87. The third-order valence-corrected chi connectivity index (χ3v) is 2.84. The summed E-state index contributed by atoms with van der Waals surface area (Å²) in [5, 5.41) is 9.65. The molecule has 1 unspecified atom stereocenters. The number of aliphatic carboxylic acids is 1. The summed E-state index contributed by atoms with van der Waals surface area (Å²) in [6.07, 6.45) is 3.11. The SMILES string of the molecule is Cc1c(Cl)cncc1C(C(=O)O)C(C)C. The van der Waals surface area contributed by atoms with E-state index in [-0.39, 0.29) is 5.92 Å². The molecule has 0 spiro atoms. The summed E-state index contributed by atoms with van der Waals surface area (Å²) in [4.78, 5) is 15.1. The smallest absolute Gasteiger partial charge is 0.311 e. The summed E-state index contributed by atoms with van der Waals surface area (Å²) < 4.78 is 0. The number of carboxylic acids is 1. The summed E-state index contributed by atoms with van der Waals surface area (Å²) in [6, 6.07) is 0. The molecule has 0 aliphatic carbocycles. The molecule has 0 aliphatic rings. The van der Waals surface area contributed by atoms with Crippen LogP contribution in [0.2, 0.25) is 5.02 Å². The zero-order chi connectivity index (χ0) is 11.6. The monoisotopic (exact) mass is 227 g/mol. The molecule has 0 bridgehead atoms. The summed E-state index contributed by atoms with van der Waals surface area (Å²) in [5.74, 6) is -1.37.